The van der Waals surface area contributed by atoms with Gasteiger partial charge in [-0.15, -0.1) is 0 Å². The molecule has 0 aromatic heterocycles. The smallest absolute Gasteiger partial charge is 0.227 e. The van der Waals surface area contributed by atoms with Crippen molar-refractivity contribution in [1.29, 1.82) is 5.26 Å². The molecule has 0 saturated heterocycles. The number of unbranched alkanes of at least 4 members (excludes halogenated alkanes) is 1. The van der Waals surface area contributed by atoms with Gasteiger partial charge in [-0.2, -0.15) is 5.26 Å². The zero-order valence-electron chi connectivity index (χ0n) is 12.7. The maximum atomic E-state index is 13.4. The van der Waals surface area contributed by atoms with Gasteiger partial charge in [0.25, 0.3) is 0 Å². The Balaban J connectivity index is 1.99. The molecule has 4 heteroatoms. The normalized spacial score (nSPS) is 14.8. The Labute approximate surface area is 125 Å². The number of carbonyl (C=O) groups excluding carboxylic acids is 1. The van der Waals surface area contributed by atoms with Gasteiger partial charge in [-0.25, -0.2) is 4.39 Å². The molecule has 2 rings (SSSR count). The van der Waals surface area contributed by atoms with Crippen LogP contribution in [0.2, 0.25) is 0 Å². The quantitative estimate of drug-likeness (QED) is 0.773. The SMILES string of the molecule is CC(C)(C#N)CCCCN1C(=O)CCc2ccc(F)cc21. The lowest BCUT2D eigenvalue weighted by Gasteiger charge is -2.29. The second-order valence-electron chi connectivity index (χ2n) is 6.27. The molecule has 1 aliphatic rings. The number of nitrogens with zero attached hydrogens (tertiary/aromatic N) is 2. The molecule has 0 bridgehead atoms. The van der Waals surface area contributed by atoms with Gasteiger partial charge in [0.2, 0.25) is 5.91 Å². The van der Waals surface area contributed by atoms with Crippen LogP contribution in [0.5, 0.6) is 0 Å². The highest BCUT2D eigenvalue weighted by atomic mass is 19.1. The third kappa shape index (κ3) is 3.81. The number of amides is 1. The van der Waals surface area contributed by atoms with Gasteiger partial charge in [0.15, 0.2) is 0 Å². The van der Waals surface area contributed by atoms with Crippen molar-refractivity contribution >= 4 is 11.6 Å². The molecule has 112 valence electrons. The third-order valence-corrected chi connectivity index (χ3v) is 3.98. The zero-order valence-corrected chi connectivity index (χ0v) is 12.7. The number of carbonyl (C=O) groups is 1. The highest BCUT2D eigenvalue weighted by Gasteiger charge is 2.24. The summed E-state index contributed by atoms with van der Waals surface area (Å²) in [6.07, 6.45) is 3.69. The van der Waals surface area contributed by atoms with Crippen LogP contribution in [0.1, 0.15) is 45.1 Å². The lowest BCUT2D eigenvalue weighted by molar-refractivity contribution is -0.118. The monoisotopic (exact) mass is 288 g/mol. The molecule has 21 heavy (non-hydrogen) atoms. The summed E-state index contributed by atoms with van der Waals surface area (Å²) < 4.78 is 13.4. The first-order valence-corrected chi connectivity index (χ1v) is 7.43. The van der Waals surface area contributed by atoms with Gasteiger partial charge >= 0.3 is 0 Å². The second-order valence-corrected chi connectivity index (χ2v) is 6.27. The number of fused-ring (bicyclic) bond motifs is 1. The average Bonchev–Trinajstić information content (AvgIpc) is 2.45. The average molecular weight is 288 g/mol. The van der Waals surface area contributed by atoms with Crippen molar-refractivity contribution in [1.82, 2.24) is 0 Å². The molecular formula is C17H21FN2O. The fourth-order valence-corrected chi connectivity index (χ4v) is 2.65. The lowest BCUT2D eigenvalue weighted by Crippen LogP contribution is -2.36. The van der Waals surface area contributed by atoms with E-state index in [0.29, 0.717) is 25.1 Å². The van der Waals surface area contributed by atoms with E-state index >= 15 is 0 Å². The molecule has 1 aromatic carbocycles. The number of hydrogen-bond acceptors (Lipinski definition) is 2. The van der Waals surface area contributed by atoms with Crippen LogP contribution in [-0.4, -0.2) is 12.5 Å². The van der Waals surface area contributed by atoms with Gasteiger partial charge in [0.1, 0.15) is 5.82 Å². The van der Waals surface area contributed by atoms with Crippen LogP contribution in [-0.2, 0) is 11.2 Å². The second kappa shape index (κ2) is 6.26. The fraction of sp³-hybridized carbons (Fsp3) is 0.529. The Morgan fingerprint density at radius 3 is 2.81 bits per heavy atom. The van der Waals surface area contributed by atoms with E-state index < -0.39 is 0 Å². The Hall–Kier alpha value is -1.89. The maximum absolute atomic E-state index is 13.4. The third-order valence-electron chi connectivity index (χ3n) is 3.98. The van der Waals surface area contributed by atoms with Gasteiger partial charge in [-0.05, 0) is 50.8 Å². The maximum Gasteiger partial charge on any atom is 0.227 e. The first-order valence-electron chi connectivity index (χ1n) is 7.43. The van der Waals surface area contributed by atoms with Gasteiger partial charge in [0.05, 0.1) is 11.5 Å². The first-order chi connectivity index (χ1) is 9.93. The summed E-state index contributed by atoms with van der Waals surface area (Å²) in [5.74, 6) is -0.244. The summed E-state index contributed by atoms with van der Waals surface area (Å²) in [5.41, 5.74) is 1.43. The van der Waals surface area contributed by atoms with Crippen LogP contribution >= 0.6 is 0 Å². The molecule has 0 unspecified atom stereocenters. The molecule has 3 nitrogen and oxygen atoms in total. The summed E-state index contributed by atoms with van der Waals surface area (Å²) in [5, 5.41) is 8.99. The van der Waals surface area contributed by atoms with Crippen LogP contribution in [0, 0.1) is 22.6 Å². The van der Waals surface area contributed by atoms with E-state index in [1.807, 2.05) is 13.8 Å². The molecule has 1 heterocycles. The minimum atomic E-state index is -0.323. The molecule has 0 atom stereocenters. The van der Waals surface area contributed by atoms with Gasteiger partial charge < -0.3 is 4.90 Å². The van der Waals surface area contributed by atoms with E-state index in [9.17, 15) is 9.18 Å². The molecular weight excluding hydrogens is 267 g/mol. The summed E-state index contributed by atoms with van der Waals surface area (Å²) in [7, 11) is 0. The van der Waals surface area contributed by atoms with Crippen LogP contribution in [0.15, 0.2) is 18.2 Å². The molecule has 1 amide bonds. The van der Waals surface area contributed by atoms with Crippen LogP contribution < -0.4 is 4.90 Å². The molecule has 0 aliphatic carbocycles. The molecule has 0 saturated carbocycles. The Morgan fingerprint density at radius 1 is 1.33 bits per heavy atom. The van der Waals surface area contributed by atoms with Crippen molar-refractivity contribution < 1.29 is 9.18 Å². The largest absolute Gasteiger partial charge is 0.312 e. The molecule has 0 spiro atoms. The number of hydrogen-bond donors (Lipinski definition) is 0. The molecule has 0 radical (unpaired) electrons. The van der Waals surface area contributed by atoms with E-state index in [1.165, 1.54) is 12.1 Å². The highest BCUT2D eigenvalue weighted by Crippen LogP contribution is 2.29. The standard InChI is InChI=1S/C17H21FN2O/c1-17(2,12-19)9-3-4-10-20-15-11-14(18)7-5-13(15)6-8-16(20)21/h5,7,11H,3-4,6,8-10H2,1-2H3. The minimum Gasteiger partial charge on any atom is -0.312 e. The van der Waals surface area contributed by atoms with Crippen LogP contribution in [0.25, 0.3) is 0 Å². The summed E-state index contributed by atoms with van der Waals surface area (Å²) in [6.45, 7) is 4.43. The van der Waals surface area contributed by atoms with Gasteiger partial charge in [-0.1, -0.05) is 12.5 Å². The number of halogens is 1. The first kappa shape index (κ1) is 15.5. The fourth-order valence-electron chi connectivity index (χ4n) is 2.65. The van der Waals surface area contributed by atoms with Crippen molar-refractivity contribution in [3.05, 3.63) is 29.6 Å². The zero-order chi connectivity index (χ0) is 15.5. The topological polar surface area (TPSA) is 44.1 Å². The lowest BCUT2D eigenvalue weighted by atomic mass is 9.89. The molecule has 1 aliphatic heterocycles. The van der Waals surface area contributed by atoms with Crippen LogP contribution in [0.3, 0.4) is 0 Å². The van der Waals surface area contributed by atoms with Crippen molar-refractivity contribution in [2.45, 2.75) is 46.0 Å². The Morgan fingerprint density at radius 2 is 2.10 bits per heavy atom. The summed E-state index contributed by atoms with van der Waals surface area (Å²) in [6, 6.07) is 6.94. The van der Waals surface area contributed by atoms with Crippen molar-refractivity contribution in [2.24, 2.45) is 5.41 Å². The number of rotatable bonds is 5. The highest BCUT2D eigenvalue weighted by molar-refractivity contribution is 5.96. The van der Waals surface area contributed by atoms with Gasteiger partial charge in [-0.3, -0.25) is 4.79 Å². The molecule has 0 N–H and O–H groups in total. The van der Waals surface area contributed by atoms with Gasteiger partial charge in [0, 0.05) is 18.7 Å². The summed E-state index contributed by atoms with van der Waals surface area (Å²) in [4.78, 5) is 13.8. The van der Waals surface area contributed by atoms with Crippen molar-refractivity contribution in [2.75, 3.05) is 11.4 Å². The van der Waals surface area contributed by atoms with E-state index in [2.05, 4.69) is 6.07 Å². The van der Waals surface area contributed by atoms with Crippen molar-refractivity contribution in [3.8, 4) is 6.07 Å². The number of benzene rings is 1. The van der Waals surface area contributed by atoms with E-state index in [4.69, 9.17) is 5.26 Å². The predicted molar refractivity (Wildman–Crippen MR) is 80.3 cm³/mol. The number of anilines is 1. The summed E-state index contributed by atoms with van der Waals surface area (Å²) >= 11 is 0. The minimum absolute atomic E-state index is 0.0626. The number of aryl methyl sites for hydroxylation is 1. The predicted octanol–water partition coefficient (Wildman–Crippen LogP) is 3.82. The Kier molecular flexibility index (Phi) is 4.62. The van der Waals surface area contributed by atoms with E-state index in [-0.39, 0.29) is 17.1 Å². The van der Waals surface area contributed by atoms with E-state index in [1.54, 1.807) is 11.0 Å². The number of nitriles is 1. The molecule has 0 fully saturated rings. The van der Waals surface area contributed by atoms with Crippen LogP contribution in [0.4, 0.5) is 10.1 Å². The Bertz CT molecular complexity index is 575. The van der Waals surface area contributed by atoms with Crippen molar-refractivity contribution in [3.63, 3.8) is 0 Å². The molecule has 1 aromatic rings. The van der Waals surface area contributed by atoms with E-state index in [0.717, 1.165) is 24.8 Å².